The van der Waals surface area contributed by atoms with Crippen LogP contribution in [0.1, 0.15) is 38.2 Å². The highest BCUT2D eigenvalue weighted by atomic mass is 16.1. The van der Waals surface area contributed by atoms with Crippen LogP contribution in [0.15, 0.2) is 30.3 Å². The lowest BCUT2D eigenvalue weighted by molar-refractivity contribution is 0.102. The fourth-order valence-electron chi connectivity index (χ4n) is 3.00. The van der Waals surface area contributed by atoms with E-state index in [1.54, 1.807) is 0 Å². The van der Waals surface area contributed by atoms with E-state index in [-0.39, 0.29) is 5.91 Å². The fraction of sp³-hybridized carbons (Fsp3) is 0.278. The molecule has 0 saturated carbocycles. The van der Waals surface area contributed by atoms with Gasteiger partial charge >= 0.3 is 0 Å². The van der Waals surface area contributed by atoms with Crippen LogP contribution in [0, 0.1) is 20.8 Å². The minimum absolute atomic E-state index is 0.0419. The first-order chi connectivity index (χ1) is 10.0. The van der Waals surface area contributed by atoms with Gasteiger partial charge in [-0.2, -0.15) is 0 Å². The van der Waals surface area contributed by atoms with Gasteiger partial charge in [-0.3, -0.25) is 4.79 Å². The third-order valence-electron chi connectivity index (χ3n) is 4.01. The van der Waals surface area contributed by atoms with Gasteiger partial charge in [0, 0.05) is 24.3 Å². The third-order valence-corrected chi connectivity index (χ3v) is 4.01. The van der Waals surface area contributed by atoms with E-state index in [0.29, 0.717) is 0 Å². The molecule has 0 unspecified atom stereocenters. The van der Waals surface area contributed by atoms with E-state index in [1.807, 2.05) is 32.0 Å². The zero-order chi connectivity index (χ0) is 15.0. The summed E-state index contributed by atoms with van der Waals surface area (Å²) in [6, 6.07) is 10.1. The van der Waals surface area contributed by atoms with Crippen molar-refractivity contribution in [2.75, 3.05) is 5.32 Å². The van der Waals surface area contributed by atoms with Crippen molar-refractivity contribution < 1.29 is 4.79 Å². The molecule has 3 rings (SSSR count). The van der Waals surface area contributed by atoms with Crippen LogP contribution in [0.4, 0.5) is 5.69 Å². The van der Waals surface area contributed by atoms with Crippen molar-refractivity contribution in [3.8, 4) is 0 Å². The van der Waals surface area contributed by atoms with Crippen LogP contribution in [0.5, 0.6) is 0 Å². The molecule has 0 fully saturated rings. The van der Waals surface area contributed by atoms with Crippen LogP contribution in [-0.2, 0) is 13.1 Å². The molecule has 3 heteroatoms. The molecule has 2 aromatic carbocycles. The van der Waals surface area contributed by atoms with Gasteiger partial charge in [0.15, 0.2) is 0 Å². The summed E-state index contributed by atoms with van der Waals surface area (Å²) in [5.41, 5.74) is 7.56. The third kappa shape index (κ3) is 2.69. The van der Waals surface area contributed by atoms with Gasteiger partial charge in [-0.1, -0.05) is 23.8 Å². The van der Waals surface area contributed by atoms with Crippen molar-refractivity contribution in [2.45, 2.75) is 33.9 Å². The molecule has 1 heterocycles. The first-order valence-corrected chi connectivity index (χ1v) is 7.26. The summed E-state index contributed by atoms with van der Waals surface area (Å²) in [5, 5.41) is 6.35. The van der Waals surface area contributed by atoms with E-state index in [0.717, 1.165) is 35.5 Å². The lowest BCUT2D eigenvalue weighted by Gasteiger charge is -2.13. The number of hydrogen-bond donors (Lipinski definition) is 2. The lowest BCUT2D eigenvalue weighted by atomic mass is 10.0. The van der Waals surface area contributed by atoms with Gasteiger partial charge in [0.1, 0.15) is 0 Å². The van der Waals surface area contributed by atoms with Crippen molar-refractivity contribution in [1.29, 1.82) is 0 Å². The van der Waals surface area contributed by atoms with Gasteiger partial charge in [-0.05, 0) is 55.2 Å². The SMILES string of the molecule is Cc1cc(C)c(NC(=O)c2ccc3c(c2)CNC3)c(C)c1. The van der Waals surface area contributed by atoms with E-state index >= 15 is 0 Å². The molecule has 108 valence electrons. The molecule has 3 nitrogen and oxygen atoms in total. The van der Waals surface area contributed by atoms with Crippen LogP contribution >= 0.6 is 0 Å². The minimum atomic E-state index is -0.0419. The Kier molecular flexibility index (Phi) is 3.52. The molecule has 21 heavy (non-hydrogen) atoms. The smallest absolute Gasteiger partial charge is 0.255 e. The number of nitrogens with one attached hydrogen (secondary N) is 2. The summed E-state index contributed by atoms with van der Waals surface area (Å²) >= 11 is 0. The number of rotatable bonds is 2. The topological polar surface area (TPSA) is 41.1 Å². The summed E-state index contributed by atoms with van der Waals surface area (Å²) in [4.78, 5) is 12.5. The fourth-order valence-corrected chi connectivity index (χ4v) is 3.00. The molecule has 0 atom stereocenters. The molecule has 0 aromatic heterocycles. The average molecular weight is 280 g/mol. The second-order valence-corrected chi connectivity index (χ2v) is 5.81. The van der Waals surface area contributed by atoms with Crippen LogP contribution in [-0.4, -0.2) is 5.91 Å². The Morgan fingerprint density at radius 1 is 1.00 bits per heavy atom. The van der Waals surface area contributed by atoms with Crippen molar-refractivity contribution in [1.82, 2.24) is 5.32 Å². The van der Waals surface area contributed by atoms with Gasteiger partial charge in [0.05, 0.1) is 0 Å². The van der Waals surface area contributed by atoms with Crippen LogP contribution in [0.2, 0.25) is 0 Å². The quantitative estimate of drug-likeness (QED) is 0.884. The lowest BCUT2D eigenvalue weighted by Crippen LogP contribution is -2.14. The standard InChI is InChI=1S/C18H20N2O/c1-11-6-12(2)17(13(3)7-11)20-18(21)14-4-5-15-9-19-10-16(15)8-14/h4-8,19H,9-10H2,1-3H3,(H,20,21). The number of carbonyl (C=O) groups is 1. The van der Waals surface area contributed by atoms with E-state index < -0.39 is 0 Å². The highest BCUT2D eigenvalue weighted by molar-refractivity contribution is 6.05. The van der Waals surface area contributed by atoms with E-state index in [2.05, 4.69) is 29.7 Å². The molecular weight excluding hydrogens is 260 g/mol. The number of amides is 1. The zero-order valence-corrected chi connectivity index (χ0v) is 12.7. The summed E-state index contributed by atoms with van der Waals surface area (Å²) in [7, 11) is 0. The predicted molar refractivity (Wildman–Crippen MR) is 85.6 cm³/mol. The van der Waals surface area contributed by atoms with E-state index in [4.69, 9.17) is 0 Å². The zero-order valence-electron chi connectivity index (χ0n) is 12.7. The van der Waals surface area contributed by atoms with Crippen molar-refractivity contribution >= 4 is 11.6 Å². The maximum Gasteiger partial charge on any atom is 0.255 e. The highest BCUT2D eigenvalue weighted by Crippen LogP contribution is 2.23. The molecule has 0 saturated heterocycles. The van der Waals surface area contributed by atoms with Crippen molar-refractivity contribution in [2.24, 2.45) is 0 Å². The Balaban J connectivity index is 1.87. The number of benzene rings is 2. The molecule has 2 aromatic rings. The molecule has 0 aliphatic carbocycles. The summed E-state index contributed by atoms with van der Waals surface area (Å²) in [5.74, 6) is -0.0419. The maximum absolute atomic E-state index is 12.5. The Bertz CT molecular complexity index is 696. The van der Waals surface area contributed by atoms with Crippen LogP contribution < -0.4 is 10.6 Å². The largest absolute Gasteiger partial charge is 0.322 e. The molecular formula is C18H20N2O. The summed E-state index contributed by atoms with van der Waals surface area (Å²) in [6.07, 6.45) is 0. The van der Waals surface area contributed by atoms with Gasteiger partial charge < -0.3 is 10.6 Å². The number of aryl methyl sites for hydroxylation is 3. The molecule has 1 amide bonds. The monoisotopic (exact) mass is 280 g/mol. The average Bonchev–Trinajstić information content (AvgIpc) is 2.89. The Morgan fingerprint density at radius 2 is 1.67 bits per heavy atom. The maximum atomic E-state index is 12.5. The molecule has 1 aliphatic rings. The Morgan fingerprint density at radius 3 is 2.38 bits per heavy atom. The normalized spacial score (nSPS) is 13.1. The predicted octanol–water partition coefficient (Wildman–Crippen LogP) is 3.47. The van der Waals surface area contributed by atoms with Gasteiger partial charge in [0.25, 0.3) is 5.91 Å². The molecule has 2 N–H and O–H groups in total. The van der Waals surface area contributed by atoms with Gasteiger partial charge in [0.2, 0.25) is 0 Å². The minimum Gasteiger partial charge on any atom is -0.322 e. The summed E-state index contributed by atoms with van der Waals surface area (Å²) < 4.78 is 0. The van der Waals surface area contributed by atoms with Crippen LogP contribution in [0.3, 0.4) is 0 Å². The van der Waals surface area contributed by atoms with Crippen molar-refractivity contribution in [3.05, 3.63) is 63.7 Å². The second-order valence-electron chi connectivity index (χ2n) is 5.81. The number of anilines is 1. The first-order valence-electron chi connectivity index (χ1n) is 7.26. The Hall–Kier alpha value is -2.13. The molecule has 0 radical (unpaired) electrons. The second kappa shape index (κ2) is 5.34. The van der Waals surface area contributed by atoms with Gasteiger partial charge in [-0.25, -0.2) is 0 Å². The number of hydrogen-bond acceptors (Lipinski definition) is 2. The van der Waals surface area contributed by atoms with E-state index in [1.165, 1.54) is 16.7 Å². The Labute approximate surface area is 125 Å². The first kappa shape index (κ1) is 13.8. The number of carbonyl (C=O) groups excluding carboxylic acids is 1. The highest BCUT2D eigenvalue weighted by Gasteiger charge is 2.15. The number of fused-ring (bicyclic) bond motifs is 1. The molecule has 0 bridgehead atoms. The van der Waals surface area contributed by atoms with Crippen LogP contribution in [0.25, 0.3) is 0 Å². The molecule has 1 aliphatic heterocycles. The van der Waals surface area contributed by atoms with Gasteiger partial charge in [-0.15, -0.1) is 0 Å². The molecule has 0 spiro atoms. The van der Waals surface area contributed by atoms with E-state index in [9.17, 15) is 4.79 Å². The summed E-state index contributed by atoms with van der Waals surface area (Å²) in [6.45, 7) is 7.87. The van der Waals surface area contributed by atoms with Crippen molar-refractivity contribution in [3.63, 3.8) is 0 Å².